The zero-order valence-electron chi connectivity index (χ0n) is 11.4. The normalized spacial score (nSPS) is 29.1. The molecule has 1 N–H and O–H groups in total. The predicted octanol–water partition coefficient (Wildman–Crippen LogP) is 2.68. The zero-order valence-corrected chi connectivity index (χ0v) is 12.2. The third-order valence-electron chi connectivity index (χ3n) is 4.51. The van der Waals surface area contributed by atoms with Gasteiger partial charge in [-0.2, -0.15) is 0 Å². The zero-order chi connectivity index (χ0) is 12.8. The van der Waals surface area contributed by atoms with E-state index in [1.165, 1.54) is 32.1 Å². The molecule has 2 fully saturated rings. The molecule has 0 aromatic rings. The largest absolute Gasteiger partial charge is 0.378 e. The number of nitrogens with one attached hydrogen (secondary N) is 1. The molecular formula is C15H25NOS. The number of thioether (sulfide) groups is 1. The Bertz CT molecular complexity index is 293. The molecule has 2 aliphatic rings. The summed E-state index contributed by atoms with van der Waals surface area (Å²) in [6.45, 7) is 4.05. The lowest BCUT2D eigenvalue weighted by Gasteiger charge is -2.54. The summed E-state index contributed by atoms with van der Waals surface area (Å²) >= 11 is 1.84. The fourth-order valence-electron chi connectivity index (χ4n) is 3.61. The summed E-state index contributed by atoms with van der Waals surface area (Å²) in [5.74, 6) is 4.62. The van der Waals surface area contributed by atoms with Crippen molar-refractivity contribution in [3.8, 4) is 12.3 Å². The topological polar surface area (TPSA) is 21.3 Å². The van der Waals surface area contributed by atoms with Crippen LogP contribution in [0, 0.1) is 17.8 Å². The summed E-state index contributed by atoms with van der Waals surface area (Å²) in [7, 11) is 0. The Labute approximate surface area is 116 Å². The van der Waals surface area contributed by atoms with Crippen molar-refractivity contribution >= 4 is 11.8 Å². The molecule has 2 nitrogen and oxygen atoms in total. The van der Waals surface area contributed by atoms with Gasteiger partial charge < -0.3 is 10.1 Å². The first kappa shape index (κ1) is 14.2. The molecule has 0 aromatic heterocycles. The first-order valence-corrected chi connectivity index (χ1v) is 8.35. The maximum absolute atomic E-state index is 5.92. The molecule has 0 radical (unpaired) electrons. The molecule has 2 saturated carbocycles. The minimum atomic E-state index is 0.465. The van der Waals surface area contributed by atoms with E-state index in [9.17, 15) is 0 Å². The fraction of sp³-hybridized carbons (Fsp3) is 0.867. The maximum Gasteiger partial charge on any atom is 0.0661 e. The second kappa shape index (κ2) is 6.84. The Morgan fingerprint density at radius 3 is 2.89 bits per heavy atom. The van der Waals surface area contributed by atoms with E-state index in [-0.39, 0.29) is 0 Å². The van der Waals surface area contributed by atoms with E-state index in [1.54, 1.807) is 0 Å². The third kappa shape index (κ3) is 2.87. The molecule has 2 rings (SSSR count). The van der Waals surface area contributed by atoms with Crippen molar-refractivity contribution < 1.29 is 4.74 Å². The van der Waals surface area contributed by atoms with Crippen LogP contribution in [0.4, 0.5) is 0 Å². The number of hydrogen-bond acceptors (Lipinski definition) is 3. The van der Waals surface area contributed by atoms with Gasteiger partial charge in [0.15, 0.2) is 0 Å². The molecule has 0 aliphatic heterocycles. The van der Waals surface area contributed by atoms with Crippen molar-refractivity contribution in [2.24, 2.45) is 5.41 Å². The van der Waals surface area contributed by atoms with Gasteiger partial charge in [-0.1, -0.05) is 18.8 Å². The molecule has 2 atom stereocenters. The van der Waals surface area contributed by atoms with Crippen molar-refractivity contribution in [1.82, 2.24) is 5.32 Å². The Balaban J connectivity index is 1.74. The number of ether oxygens (including phenoxy) is 1. The van der Waals surface area contributed by atoms with Gasteiger partial charge in [-0.25, -0.2) is 0 Å². The fourth-order valence-corrected chi connectivity index (χ4v) is 4.13. The molecule has 0 heterocycles. The van der Waals surface area contributed by atoms with Crippen LogP contribution in [-0.4, -0.2) is 36.8 Å². The monoisotopic (exact) mass is 267 g/mol. The van der Waals surface area contributed by atoms with Crippen molar-refractivity contribution in [1.29, 1.82) is 0 Å². The minimum Gasteiger partial charge on any atom is -0.378 e. The third-order valence-corrected chi connectivity index (χ3v) is 5.37. The summed E-state index contributed by atoms with van der Waals surface area (Å²) in [4.78, 5) is 0. The molecule has 0 bridgehead atoms. The van der Waals surface area contributed by atoms with E-state index in [0.717, 1.165) is 24.7 Å². The van der Waals surface area contributed by atoms with Crippen molar-refractivity contribution in [3.63, 3.8) is 0 Å². The molecule has 0 saturated heterocycles. The highest BCUT2D eigenvalue weighted by atomic mass is 32.2. The lowest BCUT2D eigenvalue weighted by Crippen LogP contribution is -2.62. The van der Waals surface area contributed by atoms with Gasteiger partial charge in [0.25, 0.3) is 0 Å². The molecule has 1 spiro atoms. The second-order valence-electron chi connectivity index (χ2n) is 5.38. The molecule has 0 aromatic carbocycles. The summed E-state index contributed by atoms with van der Waals surface area (Å²) in [5, 5.41) is 3.73. The van der Waals surface area contributed by atoms with Crippen LogP contribution in [0.25, 0.3) is 0 Å². The second-order valence-corrected chi connectivity index (χ2v) is 6.49. The Kier molecular flexibility index (Phi) is 5.41. The van der Waals surface area contributed by atoms with Gasteiger partial charge in [0.05, 0.1) is 11.9 Å². The van der Waals surface area contributed by atoms with Crippen LogP contribution in [-0.2, 0) is 4.74 Å². The number of terminal acetylenes is 1. The van der Waals surface area contributed by atoms with E-state index in [0.29, 0.717) is 17.6 Å². The van der Waals surface area contributed by atoms with E-state index >= 15 is 0 Å². The molecule has 0 amide bonds. The molecule has 2 unspecified atom stereocenters. The Hall–Kier alpha value is -0.170. The van der Waals surface area contributed by atoms with Gasteiger partial charge in [-0.05, 0) is 26.2 Å². The van der Waals surface area contributed by atoms with E-state index in [1.807, 2.05) is 11.8 Å². The van der Waals surface area contributed by atoms with Gasteiger partial charge in [-0.15, -0.1) is 18.2 Å². The van der Waals surface area contributed by atoms with E-state index in [2.05, 4.69) is 18.2 Å². The smallest absolute Gasteiger partial charge is 0.0661 e. The van der Waals surface area contributed by atoms with Crippen LogP contribution in [0.3, 0.4) is 0 Å². The summed E-state index contributed by atoms with van der Waals surface area (Å²) in [5.41, 5.74) is 0.465. The van der Waals surface area contributed by atoms with Gasteiger partial charge in [0, 0.05) is 30.4 Å². The number of rotatable bonds is 7. The van der Waals surface area contributed by atoms with Crippen LogP contribution in [0.15, 0.2) is 0 Å². The van der Waals surface area contributed by atoms with Crippen LogP contribution in [0.5, 0.6) is 0 Å². The lowest BCUT2D eigenvalue weighted by atomic mass is 9.60. The van der Waals surface area contributed by atoms with Gasteiger partial charge in [0.2, 0.25) is 0 Å². The van der Waals surface area contributed by atoms with Gasteiger partial charge in [-0.3, -0.25) is 0 Å². The first-order chi connectivity index (χ1) is 8.83. The maximum atomic E-state index is 5.92. The Morgan fingerprint density at radius 1 is 1.44 bits per heavy atom. The number of hydrogen-bond donors (Lipinski definition) is 1. The minimum absolute atomic E-state index is 0.465. The quantitative estimate of drug-likeness (QED) is 0.566. The lowest BCUT2D eigenvalue weighted by molar-refractivity contribution is -0.129. The molecular weight excluding hydrogens is 242 g/mol. The average Bonchev–Trinajstić information content (AvgIpc) is 2.88. The summed E-state index contributed by atoms with van der Waals surface area (Å²) in [6, 6.07) is 0.683. The van der Waals surface area contributed by atoms with Crippen molar-refractivity contribution in [2.75, 3.05) is 24.7 Å². The highest BCUT2D eigenvalue weighted by molar-refractivity contribution is 7.99. The molecule has 3 heteroatoms. The Morgan fingerprint density at radius 2 is 2.22 bits per heavy atom. The van der Waals surface area contributed by atoms with Crippen molar-refractivity contribution in [2.45, 2.75) is 51.2 Å². The van der Waals surface area contributed by atoms with E-state index in [4.69, 9.17) is 11.2 Å². The standard InChI is InChI=1S/C15H25NOS/c1-3-10-18-11-9-16-13-12-14(17-4-2)15(13)7-5-6-8-15/h1,13-14,16H,4-12H2,2H3. The predicted molar refractivity (Wildman–Crippen MR) is 78.9 cm³/mol. The highest BCUT2D eigenvalue weighted by Gasteiger charge is 2.56. The van der Waals surface area contributed by atoms with Crippen LogP contribution < -0.4 is 5.32 Å². The van der Waals surface area contributed by atoms with Crippen LogP contribution in [0.2, 0.25) is 0 Å². The molecule has 2 aliphatic carbocycles. The average molecular weight is 267 g/mol. The van der Waals surface area contributed by atoms with Crippen LogP contribution in [0.1, 0.15) is 39.0 Å². The van der Waals surface area contributed by atoms with Gasteiger partial charge in [0.1, 0.15) is 0 Å². The van der Waals surface area contributed by atoms with Crippen LogP contribution >= 0.6 is 11.8 Å². The SMILES string of the molecule is C#CCSCCNC1CC(OCC)C12CCCC2. The van der Waals surface area contributed by atoms with Crippen molar-refractivity contribution in [3.05, 3.63) is 0 Å². The molecule has 18 heavy (non-hydrogen) atoms. The van der Waals surface area contributed by atoms with E-state index < -0.39 is 0 Å². The molecule has 102 valence electrons. The summed E-state index contributed by atoms with van der Waals surface area (Å²) in [6.07, 6.45) is 12.4. The highest BCUT2D eigenvalue weighted by Crippen LogP contribution is 2.54. The summed E-state index contributed by atoms with van der Waals surface area (Å²) < 4.78 is 5.92. The van der Waals surface area contributed by atoms with Gasteiger partial charge >= 0.3 is 0 Å². The first-order valence-electron chi connectivity index (χ1n) is 7.19.